The van der Waals surface area contributed by atoms with Crippen LogP contribution in [0.5, 0.6) is 0 Å². The summed E-state index contributed by atoms with van der Waals surface area (Å²) in [6, 6.07) is 10.5. The average molecular weight is 282 g/mol. The molecule has 1 saturated carbocycles. The van der Waals surface area contributed by atoms with E-state index >= 15 is 0 Å². The average Bonchev–Trinajstić information content (AvgIpc) is 2.58. The van der Waals surface area contributed by atoms with Gasteiger partial charge in [-0.2, -0.15) is 0 Å². The van der Waals surface area contributed by atoms with Crippen LogP contribution in [0.4, 0.5) is 0 Å². The Kier molecular flexibility index (Phi) is 3.75. The number of fused-ring (bicyclic) bond motifs is 1. The lowest BCUT2D eigenvalue weighted by Crippen LogP contribution is -2.41. The number of hydrogen-bond donors (Lipinski definition) is 1. The molecule has 2 heteroatoms. The van der Waals surface area contributed by atoms with Crippen LogP contribution in [0.25, 0.3) is 10.9 Å². The molecule has 1 unspecified atom stereocenters. The number of aromatic nitrogens is 1. The second-order valence-electron chi connectivity index (χ2n) is 7.54. The van der Waals surface area contributed by atoms with Gasteiger partial charge in [0.15, 0.2) is 0 Å². The molecule has 0 radical (unpaired) electrons. The summed E-state index contributed by atoms with van der Waals surface area (Å²) in [7, 11) is 0. The number of rotatable bonds is 2. The van der Waals surface area contributed by atoms with E-state index in [0.29, 0.717) is 5.41 Å². The first-order chi connectivity index (χ1) is 9.98. The highest BCUT2D eigenvalue weighted by Crippen LogP contribution is 2.38. The maximum absolute atomic E-state index is 6.78. The van der Waals surface area contributed by atoms with Gasteiger partial charge in [0.25, 0.3) is 0 Å². The van der Waals surface area contributed by atoms with E-state index in [1.807, 2.05) is 12.3 Å². The molecule has 1 aromatic carbocycles. The lowest BCUT2D eigenvalue weighted by Gasteiger charge is -2.29. The smallest absolute Gasteiger partial charge is 0.0704 e. The highest BCUT2D eigenvalue weighted by Gasteiger charge is 2.32. The molecule has 0 aliphatic heterocycles. The molecule has 1 heterocycles. The maximum atomic E-state index is 6.78. The lowest BCUT2D eigenvalue weighted by atomic mass is 9.81. The van der Waals surface area contributed by atoms with Gasteiger partial charge in [-0.25, -0.2) is 0 Å². The van der Waals surface area contributed by atoms with Crippen molar-refractivity contribution in [2.24, 2.45) is 11.1 Å². The molecule has 0 bridgehead atoms. The first-order valence-electron chi connectivity index (χ1n) is 8.09. The number of hydrogen-bond acceptors (Lipinski definition) is 2. The Balaban J connectivity index is 1.87. The van der Waals surface area contributed by atoms with Crippen molar-refractivity contribution < 1.29 is 0 Å². The van der Waals surface area contributed by atoms with Gasteiger partial charge in [0.2, 0.25) is 0 Å². The second kappa shape index (κ2) is 5.42. The molecule has 0 spiro atoms. The Morgan fingerprint density at radius 1 is 1.05 bits per heavy atom. The van der Waals surface area contributed by atoms with E-state index in [1.54, 1.807) is 0 Å². The van der Waals surface area contributed by atoms with Gasteiger partial charge in [-0.05, 0) is 55.2 Å². The Labute approximate surface area is 127 Å². The molecule has 0 saturated heterocycles. The summed E-state index contributed by atoms with van der Waals surface area (Å²) in [6.07, 6.45) is 8.90. The Morgan fingerprint density at radius 3 is 2.71 bits per heavy atom. The zero-order valence-electron chi connectivity index (χ0n) is 13.2. The molecule has 1 aliphatic carbocycles. The summed E-state index contributed by atoms with van der Waals surface area (Å²) >= 11 is 0. The van der Waals surface area contributed by atoms with Crippen LogP contribution in [0.2, 0.25) is 0 Å². The number of pyridine rings is 1. The molecule has 112 valence electrons. The Morgan fingerprint density at radius 2 is 1.86 bits per heavy atom. The molecule has 1 aromatic heterocycles. The van der Waals surface area contributed by atoms with E-state index in [4.69, 9.17) is 5.73 Å². The molecule has 0 amide bonds. The van der Waals surface area contributed by atoms with Gasteiger partial charge in [0.1, 0.15) is 0 Å². The molecule has 1 aliphatic rings. The third kappa shape index (κ3) is 3.26. The molecular formula is C19H26N2. The van der Waals surface area contributed by atoms with Gasteiger partial charge in [-0.3, -0.25) is 4.98 Å². The summed E-state index contributed by atoms with van der Waals surface area (Å²) in [5.74, 6) is 0. The lowest BCUT2D eigenvalue weighted by molar-refractivity contribution is 0.297. The van der Waals surface area contributed by atoms with Gasteiger partial charge in [0, 0.05) is 17.1 Å². The zero-order valence-corrected chi connectivity index (χ0v) is 13.2. The molecular weight excluding hydrogens is 256 g/mol. The Bertz CT molecular complexity index is 627. The largest absolute Gasteiger partial charge is 0.325 e. The minimum Gasteiger partial charge on any atom is -0.325 e. The molecule has 2 N–H and O–H groups in total. The number of benzene rings is 1. The van der Waals surface area contributed by atoms with Crippen LogP contribution in [-0.4, -0.2) is 10.5 Å². The van der Waals surface area contributed by atoms with Crippen molar-refractivity contribution in [2.45, 2.75) is 57.9 Å². The summed E-state index contributed by atoms with van der Waals surface area (Å²) < 4.78 is 0. The van der Waals surface area contributed by atoms with Crippen molar-refractivity contribution in [1.82, 2.24) is 4.98 Å². The predicted octanol–water partition coefficient (Wildman–Crippen LogP) is 4.47. The van der Waals surface area contributed by atoms with Crippen molar-refractivity contribution >= 4 is 10.9 Å². The van der Waals surface area contributed by atoms with Crippen LogP contribution in [0.3, 0.4) is 0 Å². The Hall–Kier alpha value is -1.41. The molecule has 2 nitrogen and oxygen atoms in total. The maximum Gasteiger partial charge on any atom is 0.0704 e. The monoisotopic (exact) mass is 282 g/mol. The number of para-hydroxylation sites is 1. The topological polar surface area (TPSA) is 38.9 Å². The van der Waals surface area contributed by atoms with E-state index in [9.17, 15) is 0 Å². The zero-order chi connectivity index (χ0) is 14.9. The fourth-order valence-corrected chi connectivity index (χ4v) is 3.62. The predicted molar refractivity (Wildman–Crippen MR) is 89.2 cm³/mol. The summed E-state index contributed by atoms with van der Waals surface area (Å²) in [5, 5.41) is 1.26. The molecule has 1 atom stereocenters. The van der Waals surface area contributed by atoms with Crippen molar-refractivity contribution in [2.75, 3.05) is 0 Å². The summed E-state index contributed by atoms with van der Waals surface area (Å²) in [6.45, 7) is 4.75. The van der Waals surface area contributed by atoms with Crippen molar-refractivity contribution in [3.63, 3.8) is 0 Å². The summed E-state index contributed by atoms with van der Waals surface area (Å²) in [4.78, 5) is 4.46. The van der Waals surface area contributed by atoms with E-state index < -0.39 is 0 Å². The third-order valence-electron chi connectivity index (χ3n) is 5.11. The molecule has 1 fully saturated rings. The van der Waals surface area contributed by atoms with Gasteiger partial charge in [-0.1, -0.05) is 38.5 Å². The molecule has 21 heavy (non-hydrogen) atoms. The SMILES string of the molecule is CC1(C)CCCC(N)(Cc2ccnc3ccccc23)CC1. The van der Waals surface area contributed by atoms with Gasteiger partial charge in [0.05, 0.1) is 5.52 Å². The van der Waals surface area contributed by atoms with Crippen LogP contribution < -0.4 is 5.73 Å². The standard InChI is InChI=1S/C19H26N2/c1-18(2)9-5-10-19(20,12-11-18)14-15-8-13-21-17-7-4-3-6-16(15)17/h3-4,6-8,13H,5,9-12,14,20H2,1-2H3. The van der Waals surface area contributed by atoms with E-state index in [-0.39, 0.29) is 5.54 Å². The van der Waals surface area contributed by atoms with Crippen LogP contribution in [-0.2, 0) is 6.42 Å². The van der Waals surface area contributed by atoms with Gasteiger partial charge >= 0.3 is 0 Å². The highest BCUT2D eigenvalue weighted by atomic mass is 14.7. The van der Waals surface area contributed by atoms with Gasteiger partial charge in [-0.15, -0.1) is 0 Å². The van der Waals surface area contributed by atoms with Crippen LogP contribution in [0.15, 0.2) is 36.5 Å². The van der Waals surface area contributed by atoms with E-state index in [2.05, 4.69) is 43.1 Å². The van der Waals surface area contributed by atoms with E-state index in [1.165, 1.54) is 30.2 Å². The third-order valence-corrected chi connectivity index (χ3v) is 5.11. The fourth-order valence-electron chi connectivity index (χ4n) is 3.62. The van der Waals surface area contributed by atoms with Gasteiger partial charge < -0.3 is 5.73 Å². The fraction of sp³-hybridized carbons (Fsp3) is 0.526. The highest BCUT2D eigenvalue weighted by molar-refractivity contribution is 5.81. The van der Waals surface area contributed by atoms with Crippen molar-refractivity contribution in [3.05, 3.63) is 42.1 Å². The first-order valence-corrected chi connectivity index (χ1v) is 8.09. The van der Waals surface area contributed by atoms with Crippen LogP contribution >= 0.6 is 0 Å². The quantitative estimate of drug-likeness (QED) is 0.826. The minimum atomic E-state index is -0.0576. The van der Waals surface area contributed by atoms with Crippen molar-refractivity contribution in [1.29, 1.82) is 0 Å². The minimum absolute atomic E-state index is 0.0576. The second-order valence-corrected chi connectivity index (χ2v) is 7.54. The van der Waals surface area contributed by atoms with E-state index in [0.717, 1.165) is 24.8 Å². The van der Waals surface area contributed by atoms with Crippen LogP contribution in [0.1, 0.15) is 51.5 Å². The first kappa shape index (κ1) is 14.5. The van der Waals surface area contributed by atoms with Crippen LogP contribution in [0, 0.1) is 5.41 Å². The normalized spacial score (nSPS) is 25.7. The summed E-state index contributed by atoms with van der Waals surface area (Å²) in [5.41, 5.74) is 9.60. The number of nitrogens with zero attached hydrogens (tertiary/aromatic N) is 1. The molecule has 3 rings (SSSR count). The molecule has 2 aromatic rings. The van der Waals surface area contributed by atoms with Crippen molar-refractivity contribution in [3.8, 4) is 0 Å². The number of nitrogens with two attached hydrogens (primary N) is 1.